The van der Waals surface area contributed by atoms with Gasteiger partial charge in [0.25, 0.3) is 0 Å². The number of amides is 1. The van der Waals surface area contributed by atoms with Crippen LogP contribution in [0.15, 0.2) is 6.07 Å². The summed E-state index contributed by atoms with van der Waals surface area (Å²) in [6.07, 6.45) is 0.815. The van der Waals surface area contributed by atoms with Crippen molar-refractivity contribution >= 4 is 11.7 Å². The first-order valence-corrected chi connectivity index (χ1v) is 5.19. The summed E-state index contributed by atoms with van der Waals surface area (Å²) in [7, 11) is 1.82. The van der Waals surface area contributed by atoms with Gasteiger partial charge in [-0.2, -0.15) is 5.10 Å². The Morgan fingerprint density at radius 1 is 1.60 bits per heavy atom. The molecule has 0 unspecified atom stereocenters. The van der Waals surface area contributed by atoms with Gasteiger partial charge in [0, 0.05) is 18.5 Å². The van der Waals surface area contributed by atoms with Crippen molar-refractivity contribution in [2.75, 3.05) is 5.32 Å². The van der Waals surface area contributed by atoms with Crippen LogP contribution in [0.2, 0.25) is 0 Å². The molecule has 0 fully saturated rings. The Hall–Kier alpha value is -1.32. The minimum atomic E-state index is -0.335. The Morgan fingerprint density at radius 3 is 2.60 bits per heavy atom. The number of nitrogens with zero attached hydrogens (tertiary/aromatic N) is 2. The van der Waals surface area contributed by atoms with Gasteiger partial charge in [0.05, 0.1) is 5.69 Å². The Balaban J connectivity index is 2.79. The van der Waals surface area contributed by atoms with E-state index in [4.69, 9.17) is 0 Å². The molecule has 0 saturated heterocycles. The number of aromatic nitrogens is 2. The molecule has 0 saturated carbocycles. The highest BCUT2D eigenvalue weighted by atomic mass is 16.2. The fourth-order valence-corrected chi connectivity index (χ4v) is 1.17. The second kappa shape index (κ2) is 4.04. The number of carbonyl (C=O) groups excluding carboxylic acids is 1. The van der Waals surface area contributed by atoms with E-state index in [0.29, 0.717) is 0 Å². The van der Waals surface area contributed by atoms with Crippen LogP contribution in [0, 0.1) is 12.3 Å². The third-order valence-corrected chi connectivity index (χ3v) is 2.74. The first kappa shape index (κ1) is 11.8. The van der Waals surface area contributed by atoms with Gasteiger partial charge in [-0.25, -0.2) is 0 Å². The molecular weight excluding hydrogens is 190 g/mol. The predicted octanol–water partition coefficient (Wildman–Crippen LogP) is 2.10. The molecule has 15 heavy (non-hydrogen) atoms. The van der Waals surface area contributed by atoms with Crippen LogP contribution in [0.25, 0.3) is 0 Å². The van der Waals surface area contributed by atoms with E-state index in [9.17, 15) is 4.79 Å². The van der Waals surface area contributed by atoms with Crippen molar-refractivity contribution in [2.24, 2.45) is 12.5 Å². The van der Waals surface area contributed by atoms with Gasteiger partial charge in [-0.1, -0.05) is 20.8 Å². The van der Waals surface area contributed by atoms with E-state index in [-0.39, 0.29) is 11.3 Å². The number of aryl methyl sites for hydroxylation is 2. The van der Waals surface area contributed by atoms with E-state index in [2.05, 4.69) is 10.4 Å². The summed E-state index contributed by atoms with van der Waals surface area (Å²) in [6.45, 7) is 7.78. The second-order valence-corrected chi connectivity index (χ2v) is 4.49. The summed E-state index contributed by atoms with van der Waals surface area (Å²) in [5.74, 6) is 0.784. The molecule has 1 rings (SSSR count). The highest BCUT2D eigenvalue weighted by Gasteiger charge is 2.25. The minimum absolute atomic E-state index is 0.0352. The standard InChI is InChI=1S/C11H19N3O/c1-6-11(3,4)10(15)12-9-7-8(2)13-14(9)5/h7H,6H2,1-5H3,(H,12,15). The summed E-state index contributed by atoms with van der Waals surface area (Å²) < 4.78 is 1.68. The number of rotatable bonds is 3. The molecule has 4 heteroatoms. The SMILES string of the molecule is CCC(C)(C)C(=O)Nc1cc(C)nn1C. The van der Waals surface area contributed by atoms with Crippen molar-refractivity contribution in [1.29, 1.82) is 0 Å². The Labute approximate surface area is 90.7 Å². The van der Waals surface area contributed by atoms with E-state index in [1.54, 1.807) is 4.68 Å². The van der Waals surface area contributed by atoms with E-state index in [1.807, 2.05) is 40.8 Å². The molecule has 1 aromatic rings. The van der Waals surface area contributed by atoms with Crippen LogP contribution in [0.5, 0.6) is 0 Å². The first-order chi connectivity index (χ1) is 6.86. The molecule has 0 aliphatic carbocycles. The lowest BCUT2D eigenvalue weighted by Crippen LogP contribution is -2.30. The van der Waals surface area contributed by atoms with Crippen molar-refractivity contribution in [1.82, 2.24) is 9.78 Å². The highest BCUT2D eigenvalue weighted by molar-refractivity contribution is 5.94. The molecule has 84 valence electrons. The largest absolute Gasteiger partial charge is 0.310 e. The molecule has 1 amide bonds. The second-order valence-electron chi connectivity index (χ2n) is 4.49. The average molecular weight is 209 g/mol. The molecule has 1 N–H and O–H groups in total. The number of hydrogen-bond donors (Lipinski definition) is 1. The van der Waals surface area contributed by atoms with Gasteiger partial charge in [0.2, 0.25) is 5.91 Å². The number of anilines is 1. The summed E-state index contributed by atoms with van der Waals surface area (Å²) >= 11 is 0. The van der Waals surface area contributed by atoms with Crippen LogP contribution < -0.4 is 5.32 Å². The normalized spacial score (nSPS) is 11.5. The molecule has 0 spiro atoms. The summed E-state index contributed by atoms with van der Waals surface area (Å²) in [6, 6.07) is 1.86. The van der Waals surface area contributed by atoms with Crippen LogP contribution >= 0.6 is 0 Å². The van der Waals surface area contributed by atoms with E-state index in [0.717, 1.165) is 17.9 Å². The van der Waals surface area contributed by atoms with Crippen molar-refractivity contribution in [2.45, 2.75) is 34.1 Å². The maximum absolute atomic E-state index is 11.9. The third-order valence-electron chi connectivity index (χ3n) is 2.74. The zero-order valence-electron chi connectivity index (χ0n) is 10.1. The minimum Gasteiger partial charge on any atom is -0.310 e. The first-order valence-electron chi connectivity index (χ1n) is 5.19. The third kappa shape index (κ3) is 2.58. The predicted molar refractivity (Wildman–Crippen MR) is 60.6 cm³/mol. The molecule has 4 nitrogen and oxygen atoms in total. The number of hydrogen-bond acceptors (Lipinski definition) is 2. The summed E-state index contributed by atoms with van der Waals surface area (Å²) in [5.41, 5.74) is 0.570. The lowest BCUT2D eigenvalue weighted by molar-refractivity contribution is -0.124. The van der Waals surface area contributed by atoms with Gasteiger partial charge < -0.3 is 5.32 Å². The highest BCUT2D eigenvalue weighted by Crippen LogP contribution is 2.22. The van der Waals surface area contributed by atoms with E-state index >= 15 is 0 Å². The van der Waals surface area contributed by atoms with Gasteiger partial charge in [0.1, 0.15) is 5.82 Å². The van der Waals surface area contributed by atoms with Gasteiger partial charge in [-0.15, -0.1) is 0 Å². The fraction of sp³-hybridized carbons (Fsp3) is 0.636. The molecule has 0 aromatic carbocycles. The average Bonchev–Trinajstić information content (AvgIpc) is 2.45. The topological polar surface area (TPSA) is 46.9 Å². The Kier molecular flexibility index (Phi) is 3.17. The van der Waals surface area contributed by atoms with Gasteiger partial charge in [-0.3, -0.25) is 9.48 Å². The monoisotopic (exact) mass is 209 g/mol. The maximum atomic E-state index is 11.9. The smallest absolute Gasteiger partial charge is 0.231 e. The van der Waals surface area contributed by atoms with Crippen molar-refractivity contribution in [3.8, 4) is 0 Å². The Morgan fingerprint density at radius 2 is 2.20 bits per heavy atom. The molecule has 0 atom stereocenters. The quantitative estimate of drug-likeness (QED) is 0.828. The van der Waals surface area contributed by atoms with Crippen LogP contribution in [-0.2, 0) is 11.8 Å². The summed E-state index contributed by atoms with van der Waals surface area (Å²) in [5, 5.41) is 7.06. The van der Waals surface area contributed by atoms with E-state index in [1.165, 1.54) is 0 Å². The van der Waals surface area contributed by atoms with Crippen LogP contribution in [0.3, 0.4) is 0 Å². The van der Waals surface area contributed by atoms with Crippen molar-refractivity contribution < 1.29 is 4.79 Å². The Bertz CT molecular complexity index is 366. The number of nitrogens with one attached hydrogen (secondary N) is 1. The fourth-order valence-electron chi connectivity index (χ4n) is 1.17. The zero-order chi connectivity index (χ0) is 11.6. The lowest BCUT2D eigenvalue weighted by Gasteiger charge is -2.21. The molecule has 1 heterocycles. The lowest BCUT2D eigenvalue weighted by atomic mass is 9.89. The summed E-state index contributed by atoms with van der Waals surface area (Å²) in [4.78, 5) is 11.9. The van der Waals surface area contributed by atoms with Crippen molar-refractivity contribution in [3.05, 3.63) is 11.8 Å². The van der Waals surface area contributed by atoms with Gasteiger partial charge in [-0.05, 0) is 13.3 Å². The molecule has 0 aliphatic rings. The maximum Gasteiger partial charge on any atom is 0.231 e. The number of carbonyl (C=O) groups is 1. The molecule has 0 aliphatic heterocycles. The molecular formula is C11H19N3O. The molecule has 1 aromatic heterocycles. The molecule has 0 radical (unpaired) electrons. The van der Waals surface area contributed by atoms with Crippen LogP contribution in [-0.4, -0.2) is 15.7 Å². The van der Waals surface area contributed by atoms with Crippen LogP contribution in [0.1, 0.15) is 32.9 Å². The molecule has 0 bridgehead atoms. The van der Waals surface area contributed by atoms with Gasteiger partial charge >= 0.3 is 0 Å². The van der Waals surface area contributed by atoms with Crippen molar-refractivity contribution in [3.63, 3.8) is 0 Å². The van der Waals surface area contributed by atoms with E-state index < -0.39 is 0 Å². The van der Waals surface area contributed by atoms with Crippen LogP contribution in [0.4, 0.5) is 5.82 Å². The zero-order valence-corrected chi connectivity index (χ0v) is 10.1. The van der Waals surface area contributed by atoms with Gasteiger partial charge in [0.15, 0.2) is 0 Å².